The lowest BCUT2D eigenvalue weighted by Crippen LogP contribution is -2.44. The molecule has 6 nitrogen and oxygen atoms in total. The van der Waals surface area contributed by atoms with Crippen LogP contribution in [0.5, 0.6) is 0 Å². The van der Waals surface area contributed by atoms with E-state index in [-0.39, 0.29) is 5.75 Å². The second-order valence-electron chi connectivity index (χ2n) is 8.59. The summed E-state index contributed by atoms with van der Waals surface area (Å²) in [5, 5.41) is 1.02. The molecule has 2 aromatic heterocycles. The van der Waals surface area contributed by atoms with Gasteiger partial charge in [0.05, 0.1) is 10.6 Å². The predicted molar refractivity (Wildman–Crippen MR) is 134 cm³/mol. The van der Waals surface area contributed by atoms with Crippen LogP contribution in [0.3, 0.4) is 0 Å². The summed E-state index contributed by atoms with van der Waals surface area (Å²) in [7, 11) is -1.04. The van der Waals surface area contributed by atoms with Crippen LogP contribution >= 0.6 is 0 Å². The summed E-state index contributed by atoms with van der Waals surface area (Å²) in [5.41, 5.74) is 6.21. The molecule has 7 heteroatoms. The number of fused-ring (bicyclic) bond motifs is 1. The van der Waals surface area contributed by atoms with Crippen molar-refractivity contribution in [3.63, 3.8) is 0 Å². The van der Waals surface area contributed by atoms with Gasteiger partial charge in [-0.2, -0.15) is 0 Å². The molecule has 0 spiro atoms. The fraction of sp³-hybridized carbons (Fsp3) is 0.269. The van der Waals surface area contributed by atoms with Crippen molar-refractivity contribution in [2.45, 2.75) is 11.8 Å². The molecule has 0 saturated carbocycles. The average Bonchev–Trinajstić information content (AvgIpc) is 3.28. The van der Waals surface area contributed by atoms with Crippen LogP contribution in [0.15, 0.2) is 71.9 Å². The minimum atomic E-state index is -3.21. The van der Waals surface area contributed by atoms with E-state index in [4.69, 9.17) is 0 Å². The summed E-state index contributed by atoms with van der Waals surface area (Å²) in [6.45, 7) is 5.94. The number of nitrogens with zero attached hydrogens (tertiary/aromatic N) is 3. The van der Waals surface area contributed by atoms with Crippen molar-refractivity contribution in [2.24, 2.45) is 0 Å². The minimum Gasteiger partial charge on any atom is -0.369 e. The molecule has 1 fully saturated rings. The maximum Gasteiger partial charge on any atom is 0.178 e. The Morgan fingerprint density at radius 1 is 0.909 bits per heavy atom. The van der Waals surface area contributed by atoms with Crippen molar-refractivity contribution in [3.05, 3.63) is 67.0 Å². The fourth-order valence-corrected chi connectivity index (χ4v) is 5.22. The van der Waals surface area contributed by atoms with Gasteiger partial charge in [-0.25, -0.2) is 13.4 Å². The molecule has 0 unspecified atom stereocenters. The zero-order chi connectivity index (χ0) is 23.0. The van der Waals surface area contributed by atoms with Crippen LogP contribution in [0.25, 0.3) is 33.3 Å². The second kappa shape index (κ2) is 8.65. The highest BCUT2D eigenvalue weighted by molar-refractivity contribution is 7.91. The van der Waals surface area contributed by atoms with Crippen LogP contribution in [0.4, 0.5) is 5.69 Å². The van der Waals surface area contributed by atoms with E-state index in [1.807, 2.05) is 24.5 Å². The summed E-state index contributed by atoms with van der Waals surface area (Å²) < 4.78 is 24.3. The summed E-state index contributed by atoms with van der Waals surface area (Å²) in [6.07, 6.45) is 3.83. The average molecular weight is 461 g/mol. The highest BCUT2D eigenvalue weighted by Gasteiger charge is 2.15. The number of H-pyrrole nitrogens is 1. The summed E-state index contributed by atoms with van der Waals surface area (Å²) in [4.78, 5) is 13.0. The van der Waals surface area contributed by atoms with E-state index in [9.17, 15) is 8.42 Å². The Kier molecular flexibility index (Phi) is 5.68. The quantitative estimate of drug-likeness (QED) is 0.477. The number of rotatable bonds is 5. The van der Waals surface area contributed by atoms with E-state index < -0.39 is 9.84 Å². The number of aromatic amines is 1. The number of sulfone groups is 1. The van der Waals surface area contributed by atoms with Gasteiger partial charge in [0.15, 0.2) is 9.84 Å². The number of hydrogen-bond acceptors (Lipinski definition) is 5. The number of piperazine rings is 1. The van der Waals surface area contributed by atoms with Crippen LogP contribution < -0.4 is 4.90 Å². The summed E-state index contributed by atoms with van der Waals surface area (Å²) in [5.74, 6) is 0.0975. The van der Waals surface area contributed by atoms with Gasteiger partial charge in [0.25, 0.3) is 0 Å². The van der Waals surface area contributed by atoms with E-state index >= 15 is 0 Å². The highest BCUT2D eigenvalue weighted by atomic mass is 32.2. The number of nitrogens with one attached hydrogen (secondary N) is 1. The Balaban J connectivity index is 1.44. The van der Waals surface area contributed by atoms with Gasteiger partial charge in [-0.05, 0) is 48.5 Å². The lowest BCUT2D eigenvalue weighted by Gasteiger charge is -2.34. The van der Waals surface area contributed by atoms with Crippen molar-refractivity contribution >= 4 is 26.6 Å². The van der Waals surface area contributed by atoms with Crippen molar-refractivity contribution in [1.82, 2.24) is 14.9 Å². The van der Waals surface area contributed by atoms with Gasteiger partial charge in [0, 0.05) is 60.8 Å². The Morgan fingerprint density at radius 2 is 1.58 bits per heavy atom. The Labute approximate surface area is 194 Å². The first-order valence-electron chi connectivity index (χ1n) is 11.3. The Bertz CT molecular complexity index is 1370. The molecule has 1 aliphatic heterocycles. The molecular formula is C26H28N4O2S. The molecule has 0 aliphatic carbocycles. The highest BCUT2D eigenvalue weighted by Crippen LogP contribution is 2.32. The van der Waals surface area contributed by atoms with Gasteiger partial charge in [-0.1, -0.05) is 31.2 Å². The lowest BCUT2D eigenvalue weighted by molar-refractivity contribution is 0.313. The SMILES string of the molecule is CCS(=O)(=O)c1ccc(-c2c[nH]c3ncc(-c4ccc(N5CCN(C)CC5)cc4)cc23)cc1. The first-order valence-corrected chi connectivity index (χ1v) is 12.9. The van der Waals surface area contributed by atoms with Crippen molar-refractivity contribution in [2.75, 3.05) is 43.9 Å². The van der Waals surface area contributed by atoms with Crippen LogP contribution in [-0.4, -0.2) is 62.3 Å². The van der Waals surface area contributed by atoms with Crippen LogP contribution in [0, 0.1) is 0 Å². The normalized spacial score (nSPS) is 15.3. The third kappa shape index (κ3) is 4.26. The topological polar surface area (TPSA) is 69.3 Å². The summed E-state index contributed by atoms with van der Waals surface area (Å²) >= 11 is 0. The largest absolute Gasteiger partial charge is 0.369 e. The zero-order valence-corrected chi connectivity index (χ0v) is 19.8. The zero-order valence-electron chi connectivity index (χ0n) is 19.0. The number of benzene rings is 2. The van der Waals surface area contributed by atoms with Gasteiger partial charge >= 0.3 is 0 Å². The molecule has 0 bridgehead atoms. The van der Waals surface area contributed by atoms with Crippen molar-refractivity contribution in [3.8, 4) is 22.3 Å². The molecule has 0 radical (unpaired) electrons. The van der Waals surface area contributed by atoms with Crippen LogP contribution in [0.1, 0.15) is 6.92 Å². The molecule has 2 aromatic carbocycles. The molecule has 1 N–H and O–H groups in total. The molecular weight excluding hydrogens is 432 g/mol. The number of anilines is 1. The first kappa shape index (κ1) is 21.7. The molecule has 0 atom stereocenters. The molecule has 5 rings (SSSR count). The number of pyridine rings is 1. The van der Waals surface area contributed by atoms with Crippen LogP contribution in [0.2, 0.25) is 0 Å². The smallest absolute Gasteiger partial charge is 0.178 e. The fourth-order valence-electron chi connectivity index (χ4n) is 4.34. The van der Waals surface area contributed by atoms with Crippen LogP contribution in [-0.2, 0) is 9.84 Å². The molecule has 4 aromatic rings. The third-order valence-electron chi connectivity index (χ3n) is 6.50. The maximum absolute atomic E-state index is 12.1. The van der Waals surface area contributed by atoms with Crippen molar-refractivity contribution < 1.29 is 8.42 Å². The van der Waals surface area contributed by atoms with Gasteiger partial charge in [0.1, 0.15) is 5.65 Å². The summed E-state index contributed by atoms with van der Waals surface area (Å²) in [6, 6.07) is 17.9. The third-order valence-corrected chi connectivity index (χ3v) is 8.26. The monoisotopic (exact) mass is 460 g/mol. The number of likely N-dealkylation sites (N-methyl/N-ethyl adjacent to an activating group) is 1. The lowest BCUT2D eigenvalue weighted by atomic mass is 10.0. The Morgan fingerprint density at radius 3 is 2.24 bits per heavy atom. The van der Waals surface area contributed by atoms with E-state index in [0.717, 1.165) is 59.5 Å². The maximum atomic E-state index is 12.1. The van der Waals surface area contributed by atoms with Gasteiger partial charge < -0.3 is 14.8 Å². The van der Waals surface area contributed by atoms with Crippen molar-refractivity contribution in [1.29, 1.82) is 0 Å². The molecule has 0 amide bonds. The second-order valence-corrected chi connectivity index (χ2v) is 10.9. The standard InChI is InChI=1S/C26H28N4O2S/c1-3-33(31,32)23-10-6-20(7-11-23)25-18-28-26-24(25)16-21(17-27-26)19-4-8-22(9-5-19)30-14-12-29(2)13-15-30/h4-11,16-18H,3,12-15H2,1-2H3,(H,27,28). The van der Waals surface area contributed by atoms with E-state index in [1.165, 1.54) is 5.69 Å². The number of aromatic nitrogens is 2. The van der Waals surface area contributed by atoms with E-state index in [2.05, 4.69) is 57.1 Å². The molecule has 1 saturated heterocycles. The van der Waals surface area contributed by atoms with E-state index in [0.29, 0.717) is 4.90 Å². The number of hydrogen-bond donors (Lipinski definition) is 1. The molecule has 33 heavy (non-hydrogen) atoms. The first-order chi connectivity index (χ1) is 15.9. The van der Waals surface area contributed by atoms with Gasteiger partial charge in [-0.15, -0.1) is 0 Å². The predicted octanol–water partition coefficient (Wildman–Crippen LogP) is 4.44. The Hall–Kier alpha value is -3.16. The molecule has 3 heterocycles. The van der Waals surface area contributed by atoms with Gasteiger partial charge in [0.2, 0.25) is 0 Å². The minimum absolute atomic E-state index is 0.0975. The molecule has 170 valence electrons. The van der Waals surface area contributed by atoms with Gasteiger partial charge in [-0.3, -0.25) is 0 Å². The molecule has 1 aliphatic rings. The van der Waals surface area contributed by atoms with E-state index in [1.54, 1.807) is 19.1 Å².